The third-order valence-electron chi connectivity index (χ3n) is 7.84. The number of rotatable bonds is 5. The molecule has 2 unspecified atom stereocenters. The van der Waals surface area contributed by atoms with Gasteiger partial charge in [0.1, 0.15) is 11.5 Å². The molecule has 224 valence electrons. The number of likely N-dealkylation sites (tertiary alicyclic amines) is 1. The number of carbonyl (C=O) groups is 3. The van der Waals surface area contributed by atoms with Gasteiger partial charge in [-0.2, -0.15) is 23.4 Å². The minimum absolute atomic E-state index is 0.0865. The summed E-state index contributed by atoms with van der Waals surface area (Å²) in [4.78, 5) is 43.2. The van der Waals surface area contributed by atoms with Crippen molar-refractivity contribution < 1.29 is 27.6 Å². The van der Waals surface area contributed by atoms with Crippen LogP contribution in [0.15, 0.2) is 34.9 Å². The molecule has 4 heterocycles. The fourth-order valence-electron chi connectivity index (χ4n) is 5.86. The van der Waals surface area contributed by atoms with Crippen LogP contribution < -0.4 is 10.2 Å². The number of nitrogens with one attached hydrogen (secondary N) is 1. The van der Waals surface area contributed by atoms with Gasteiger partial charge < -0.3 is 10.2 Å². The predicted octanol–water partition coefficient (Wildman–Crippen LogP) is 4.73. The second-order valence-corrected chi connectivity index (χ2v) is 12.1. The summed E-state index contributed by atoms with van der Waals surface area (Å²) in [5.74, 6) is -0.677. The Morgan fingerprint density at radius 1 is 1.21 bits per heavy atom. The highest BCUT2D eigenvalue weighted by molar-refractivity contribution is 9.10. The van der Waals surface area contributed by atoms with E-state index < -0.39 is 35.6 Å². The first-order valence-corrected chi connectivity index (χ1v) is 14.4. The number of aryl methyl sites for hydroxylation is 1. The lowest BCUT2D eigenvalue weighted by atomic mass is 9.84. The molecule has 3 aromatic rings. The molecule has 1 fully saturated rings. The van der Waals surface area contributed by atoms with Gasteiger partial charge in [0.05, 0.1) is 23.7 Å². The lowest BCUT2D eigenvalue weighted by Gasteiger charge is -2.46. The van der Waals surface area contributed by atoms with Gasteiger partial charge in [0, 0.05) is 48.3 Å². The van der Waals surface area contributed by atoms with Crippen molar-refractivity contribution in [1.29, 1.82) is 0 Å². The van der Waals surface area contributed by atoms with E-state index in [1.54, 1.807) is 30.9 Å². The molecule has 0 radical (unpaired) electrons. The number of carbonyl (C=O) groups excluding carboxylic acids is 3. The average Bonchev–Trinajstić information content (AvgIpc) is 3.50. The number of anilines is 2. The van der Waals surface area contributed by atoms with Crippen LogP contribution in [0.5, 0.6) is 0 Å². The largest absolute Gasteiger partial charge is 0.417 e. The van der Waals surface area contributed by atoms with E-state index in [2.05, 4.69) is 31.4 Å². The topological polar surface area (TPSA) is 105 Å². The van der Waals surface area contributed by atoms with Crippen molar-refractivity contribution >= 4 is 45.3 Å². The Bertz CT molecular complexity index is 1560. The summed E-state index contributed by atoms with van der Waals surface area (Å²) in [6.07, 6.45) is -2.05. The molecule has 10 nitrogen and oxygen atoms in total. The highest BCUT2D eigenvalue weighted by Crippen LogP contribution is 2.45. The van der Waals surface area contributed by atoms with Crippen molar-refractivity contribution in [1.82, 2.24) is 29.8 Å². The van der Waals surface area contributed by atoms with E-state index in [0.717, 1.165) is 11.6 Å². The Hall–Kier alpha value is -3.68. The molecule has 3 amide bonds. The van der Waals surface area contributed by atoms with E-state index in [9.17, 15) is 27.6 Å². The Balaban J connectivity index is 1.56. The molecule has 5 rings (SSSR count). The van der Waals surface area contributed by atoms with Crippen molar-refractivity contribution in [3.05, 3.63) is 57.3 Å². The van der Waals surface area contributed by atoms with Crippen LogP contribution in [-0.2, 0) is 24.4 Å². The van der Waals surface area contributed by atoms with E-state index in [4.69, 9.17) is 0 Å². The molecule has 42 heavy (non-hydrogen) atoms. The lowest BCUT2D eigenvalue weighted by Crippen LogP contribution is -2.56. The summed E-state index contributed by atoms with van der Waals surface area (Å²) in [6.45, 7) is 5.95. The monoisotopic (exact) mass is 649 g/mol. The summed E-state index contributed by atoms with van der Waals surface area (Å²) in [7, 11) is 3.13. The van der Waals surface area contributed by atoms with Crippen LogP contribution in [0.4, 0.5) is 24.8 Å². The van der Waals surface area contributed by atoms with Crippen LogP contribution in [0.25, 0.3) is 0 Å². The number of alkyl halides is 3. The average molecular weight is 650 g/mol. The number of benzene rings is 1. The normalized spacial score (nSPS) is 20.5. The van der Waals surface area contributed by atoms with Crippen molar-refractivity contribution in [2.75, 3.05) is 18.5 Å². The fraction of sp³-hybridized carbons (Fsp3) is 0.464. The van der Waals surface area contributed by atoms with Crippen molar-refractivity contribution in [3.63, 3.8) is 0 Å². The van der Waals surface area contributed by atoms with Gasteiger partial charge in [-0.25, -0.2) is 9.58 Å². The molecule has 2 aromatic heterocycles. The first-order valence-electron chi connectivity index (χ1n) is 13.6. The summed E-state index contributed by atoms with van der Waals surface area (Å²) < 4.78 is 43.7. The summed E-state index contributed by atoms with van der Waals surface area (Å²) >= 11 is 2.93. The molecule has 14 heteroatoms. The zero-order chi connectivity index (χ0) is 30.7. The molecule has 3 atom stereocenters. The third kappa shape index (κ3) is 5.09. The van der Waals surface area contributed by atoms with E-state index >= 15 is 0 Å². The predicted molar refractivity (Wildman–Crippen MR) is 151 cm³/mol. The molecule has 0 saturated carbocycles. The SMILES string of the molecule is CNC(=O)c1cc(N2C(=O)C3C[C@@H](C)N(C(=O)c4ccc(Br)c(C(F)(F)F)c4)CC3n3ncc(CC(C)C)c32)nn1C. The number of hydrogen-bond donors (Lipinski definition) is 1. The van der Waals surface area contributed by atoms with Crippen LogP contribution in [0.2, 0.25) is 0 Å². The number of piperidine rings is 1. The molecule has 1 saturated heterocycles. The Morgan fingerprint density at radius 2 is 1.93 bits per heavy atom. The molecule has 0 bridgehead atoms. The summed E-state index contributed by atoms with van der Waals surface area (Å²) in [6, 6.07) is 4.01. The van der Waals surface area contributed by atoms with E-state index in [-0.39, 0.29) is 52.2 Å². The zero-order valence-electron chi connectivity index (χ0n) is 23.7. The van der Waals surface area contributed by atoms with Gasteiger partial charge in [-0.3, -0.25) is 19.1 Å². The second-order valence-electron chi connectivity index (χ2n) is 11.2. The molecule has 2 aliphatic rings. The first kappa shape index (κ1) is 29.8. The van der Waals surface area contributed by atoms with Crippen LogP contribution >= 0.6 is 15.9 Å². The molecule has 2 aliphatic heterocycles. The maximum Gasteiger partial charge on any atom is 0.417 e. The first-order chi connectivity index (χ1) is 19.7. The number of nitrogens with zero attached hydrogens (tertiary/aromatic N) is 6. The number of fused-ring (bicyclic) bond motifs is 3. The maximum absolute atomic E-state index is 14.2. The van der Waals surface area contributed by atoms with Gasteiger partial charge in [0.15, 0.2) is 5.82 Å². The van der Waals surface area contributed by atoms with Gasteiger partial charge in [-0.1, -0.05) is 29.8 Å². The maximum atomic E-state index is 14.2. The highest BCUT2D eigenvalue weighted by atomic mass is 79.9. The fourth-order valence-corrected chi connectivity index (χ4v) is 6.33. The van der Waals surface area contributed by atoms with E-state index in [1.165, 1.54) is 33.7 Å². The van der Waals surface area contributed by atoms with Gasteiger partial charge in [-0.15, -0.1) is 0 Å². The molecular formula is C28H31BrF3N7O3. The quantitative estimate of drug-likeness (QED) is 0.430. The Labute approximate surface area is 249 Å². The Morgan fingerprint density at radius 3 is 2.57 bits per heavy atom. The van der Waals surface area contributed by atoms with Crippen LogP contribution in [-0.4, -0.2) is 61.8 Å². The minimum Gasteiger partial charge on any atom is -0.354 e. The number of amides is 3. The number of hydrogen-bond acceptors (Lipinski definition) is 5. The van der Waals surface area contributed by atoms with Crippen molar-refractivity contribution in [2.45, 2.75) is 51.9 Å². The molecule has 0 spiro atoms. The molecule has 1 aromatic carbocycles. The number of aromatic nitrogens is 4. The minimum atomic E-state index is -4.63. The lowest BCUT2D eigenvalue weighted by molar-refractivity contribution is -0.138. The van der Waals surface area contributed by atoms with Gasteiger partial charge in [0.2, 0.25) is 5.91 Å². The van der Waals surface area contributed by atoms with Crippen molar-refractivity contribution in [3.8, 4) is 0 Å². The van der Waals surface area contributed by atoms with Crippen LogP contribution in [0.3, 0.4) is 0 Å². The van der Waals surface area contributed by atoms with Crippen molar-refractivity contribution in [2.24, 2.45) is 18.9 Å². The second kappa shape index (κ2) is 10.9. The molecular weight excluding hydrogens is 619 g/mol. The van der Waals surface area contributed by atoms with Crippen LogP contribution in [0.1, 0.15) is 65.2 Å². The highest BCUT2D eigenvalue weighted by Gasteiger charge is 2.49. The van der Waals surface area contributed by atoms with Crippen LogP contribution in [0, 0.1) is 11.8 Å². The van der Waals surface area contributed by atoms with Gasteiger partial charge in [-0.05, 0) is 43.9 Å². The van der Waals surface area contributed by atoms with Gasteiger partial charge in [0.25, 0.3) is 11.8 Å². The molecule has 0 aliphatic carbocycles. The standard InChI is InChI=1S/C28H31BrF3N7O3/c1-14(2)8-17-12-34-39-22-13-37(26(41)16-6-7-20(29)19(10-16)28(30,31)32)15(3)9-18(22)27(42)38(25(17)39)23-11-21(24(40)33-4)36(5)35-23/h6-7,10-12,14-15,18,22H,8-9,13H2,1-5H3,(H,33,40)/t15-,18?,22?/m1/s1. The van der Waals surface area contributed by atoms with E-state index in [1.807, 2.05) is 13.8 Å². The van der Waals surface area contributed by atoms with E-state index in [0.29, 0.717) is 12.2 Å². The molecule has 1 N–H and O–H groups in total. The van der Waals surface area contributed by atoms with Gasteiger partial charge >= 0.3 is 6.18 Å². The third-order valence-corrected chi connectivity index (χ3v) is 8.54. The number of halogens is 4. The smallest absolute Gasteiger partial charge is 0.354 e. The summed E-state index contributed by atoms with van der Waals surface area (Å²) in [5, 5.41) is 11.7. The summed E-state index contributed by atoms with van der Waals surface area (Å²) in [5.41, 5.74) is 0.0677. The zero-order valence-corrected chi connectivity index (χ0v) is 25.3. The Kier molecular flexibility index (Phi) is 7.71.